The van der Waals surface area contributed by atoms with Gasteiger partial charge in [-0.25, -0.2) is 4.98 Å². The van der Waals surface area contributed by atoms with Gasteiger partial charge in [0.2, 0.25) is 5.95 Å². The molecule has 2 rings (SSSR count). The number of halogens is 1. The smallest absolute Gasteiger partial charge is 0.200 e. The quantitative estimate of drug-likeness (QED) is 0.629. The number of nitrogens with zero attached hydrogens (tertiary/aromatic N) is 1. The number of benzene rings is 1. The number of nitrogens with one attached hydrogen (secondary N) is 2. The minimum absolute atomic E-state index is 0.0123. The van der Waals surface area contributed by atoms with Crippen molar-refractivity contribution in [2.24, 2.45) is 0 Å². The second kappa shape index (κ2) is 6.38. The van der Waals surface area contributed by atoms with Crippen molar-refractivity contribution in [1.29, 1.82) is 0 Å². The number of rotatable bonds is 6. The van der Waals surface area contributed by atoms with Crippen LogP contribution in [-0.2, 0) is 6.42 Å². The summed E-state index contributed by atoms with van der Waals surface area (Å²) in [6, 6.07) is 7.86. The molecule has 1 aromatic carbocycles. The lowest BCUT2D eigenvalue weighted by molar-refractivity contribution is 0.101. The normalized spacial score (nSPS) is 10.4. The monoisotopic (exact) mass is 277 g/mol. The molecule has 100 valence electrons. The number of carbonyl (C=O) groups is 1. The molecule has 1 heterocycles. The Bertz CT molecular complexity index is 548. The molecule has 19 heavy (non-hydrogen) atoms. The van der Waals surface area contributed by atoms with Crippen molar-refractivity contribution in [2.75, 3.05) is 11.9 Å². The number of aromatic amines is 1. The van der Waals surface area contributed by atoms with E-state index in [4.69, 9.17) is 11.6 Å². The lowest BCUT2D eigenvalue weighted by atomic mass is 10.1. The van der Waals surface area contributed by atoms with Crippen molar-refractivity contribution in [2.45, 2.75) is 19.8 Å². The first-order valence-corrected chi connectivity index (χ1v) is 6.57. The highest BCUT2D eigenvalue weighted by atomic mass is 35.5. The van der Waals surface area contributed by atoms with E-state index in [-0.39, 0.29) is 5.78 Å². The van der Waals surface area contributed by atoms with Crippen molar-refractivity contribution in [3.63, 3.8) is 0 Å². The largest absolute Gasteiger partial charge is 0.356 e. The average molecular weight is 278 g/mol. The zero-order chi connectivity index (χ0) is 13.7. The summed E-state index contributed by atoms with van der Waals surface area (Å²) < 4.78 is 0. The molecule has 1 aromatic heterocycles. The number of aromatic nitrogens is 2. The lowest BCUT2D eigenvalue weighted by Gasteiger charge is -2.03. The van der Waals surface area contributed by atoms with E-state index in [0.717, 1.165) is 24.4 Å². The van der Waals surface area contributed by atoms with Gasteiger partial charge in [0, 0.05) is 18.5 Å². The van der Waals surface area contributed by atoms with E-state index < -0.39 is 0 Å². The van der Waals surface area contributed by atoms with Crippen LogP contribution >= 0.6 is 11.6 Å². The summed E-state index contributed by atoms with van der Waals surface area (Å²) in [6.07, 6.45) is 3.51. The van der Waals surface area contributed by atoms with Crippen molar-refractivity contribution in [3.8, 4) is 0 Å². The van der Waals surface area contributed by atoms with Crippen LogP contribution in [0.3, 0.4) is 0 Å². The van der Waals surface area contributed by atoms with Gasteiger partial charge in [0.1, 0.15) is 5.69 Å². The zero-order valence-corrected chi connectivity index (χ0v) is 11.5. The number of ketones is 1. The molecule has 2 aromatic rings. The molecule has 5 heteroatoms. The predicted molar refractivity (Wildman–Crippen MR) is 76.9 cm³/mol. The predicted octanol–water partition coefficient (Wildman–Crippen LogP) is 3.31. The highest BCUT2D eigenvalue weighted by molar-refractivity contribution is 6.30. The maximum atomic E-state index is 11.1. The molecule has 0 bridgehead atoms. The minimum atomic E-state index is -0.0123. The molecule has 0 atom stereocenters. The molecule has 0 amide bonds. The lowest BCUT2D eigenvalue weighted by Crippen LogP contribution is -2.04. The fraction of sp³-hybridized carbons (Fsp3) is 0.286. The Morgan fingerprint density at radius 3 is 2.74 bits per heavy atom. The first-order valence-electron chi connectivity index (χ1n) is 6.19. The van der Waals surface area contributed by atoms with E-state index in [0.29, 0.717) is 11.6 Å². The van der Waals surface area contributed by atoms with Gasteiger partial charge in [-0.1, -0.05) is 23.7 Å². The van der Waals surface area contributed by atoms with Crippen LogP contribution in [0.15, 0.2) is 30.5 Å². The average Bonchev–Trinajstić information content (AvgIpc) is 2.86. The number of carbonyl (C=O) groups excluding carboxylic acids is 1. The summed E-state index contributed by atoms with van der Waals surface area (Å²) in [5.74, 6) is 0.628. The van der Waals surface area contributed by atoms with Crippen LogP contribution in [-0.4, -0.2) is 22.3 Å². The van der Waals surface area contributed by atoms with Crippen LogP contribution in [0.5, 0.6) is 0 Å². The molecule has 2 N–H and O–H groups in total. The molecule has 0 aliphatic heterocycles. The van der Waals surface area contributed by atoms with Gasteiger partial charge in [0.05, 0.1) is 6.20 Å². The van der Waals surface area contributed by atoms with Crippen molar-refractivity contribution >= 4 is 23.3 Å². The Morgan fingerprint density at radius 2 is 2.11 bits per heavy atom. The molecule has 4 nitrogen and oxygen atoms in total. The SMILES string of the molecule is CC(=O)c1cnc(NCCCc2ccc(Cl)cc2)[nH]1. The van der Waals surface area contributed by atoms with Crippen LogP contribution in [0.4, 0.5) is 5.95 Å². The molecule has 0 saturated heterocycles. The topological polar surface area (TPSA) is 57.8 Å². The Kier molecular flexibility index (Phi) is 4.58. The van der Waals surface area contributed by atoms with Crippen LogP contribution in [0, 0.1) is 0 Å². The Labute approximate surface area is 117 Å². The molecular weight excluding hydrogens is 262 g/mol. The van der Waals surface area contributed by atoms with Gasteiger partial charge in [-0.15, -0.1) is 0 Å². The second-order valence-electron chi connectivity index (χ2n) is 4.36. The third-order valence-corrected chi connectivity index (χ3v) is 3.06. The van der Waals surface area contributed by atoms with Gasteiger partial charge >= 0.3 is 0 Å². The standard InChI is InChI=1S/C14H16ClN3O/c1-10(19)13-9-17-14(18-13)16-8-2-3-11-4-6-12(15)7-5-11/h4-7,9H,2-3,8H2,1H3,(H2,16,17,18). The number of hydrogen-bond donors (Lipinski definition) is 2. The van der Waals surface area contributed by atoms with E-state index in [2.05, 4.69) is 15.3 Å². The summed E-state index contributed by atoms with van der Waals surface area (Å²) in [7, 11) is 0. The van der Waals surface area contributed by atoms with Crippen molar-refractivity contribution in [1.82, 2.24) is 9.97 Å². The number of Topliss-reactive ketones (excluding diaryl/α,β-unsaturated/α-hetero) is 1. The fourth-order valence-electron chi connectivity index (χ4n) is 1.74. The van der Waals surface area contributed by atoms with E-state index in [1.807, 2.05) is 24.3 Å². The molecule has 0 saturated carbocycles. The van der Waals surface area contributed by atoms with E-state index in [1.165, 1.54) is 12.5 Å². The first-order chi connectivity index (χ1) is 9.15. The maximum absolute atomic E-state index is 11.1. The van der Waals surface area contributed by atoms with Gasteiger partial charge in [-0.2, -0.15) is 0 Å². The number of H-pyrrole nitrogens is 1. The molecule has 0 spiro atoms. The molecule has 0 unspecified atom stereocenters. The van der Waals surface area contributed by atoms with Crippen LogP contribution < -0.4 is 5.32 Å². The van der Waals surface area contributed by atoms with Gasteiger partial charge in [-0.05, 0) is 30.5 Å². The summed E-state index contributed by atoms with van der Waals surface area (Å²) in [4.78, 5) is 18.1. The Hall–Kier alpha value is -1.81. The fourth-order valence-corrected chi connectivity index (χ4v) is 1.87. The summed E-state index contributed by atoms with van der Waals surface area (Å²) in [5.41, 5.74) is 1.79. The van der Waals surface area contributed by atoms with Crippen LogP contribution in [0.2, 0.25) is 5.02 Å². The van der Waals surface area contributed by atoms with Gasteiger partial charge < -0.3 is 10.3 Å². The number of anilines is 1. The Balaban J connectivity index is 1.74. The number of hydrogen-bond acceptors (Lipinski definition) is 3. The van der Waals surface area contributed by atoms with Crippen molar-refractivity contribution in [3.05, 3.63) is 46.7 Å². The third-order valence-electron chi connectivity index (χ3n) is 2.80. The zero-order valence-electron chi connectivity index (χ0n) is 10.7. The van der Waals surface area contributed by atoms with Crippen LogP contribution in [0.1, 0.15) is 29.4 Å². The van der Waals surface area contributed by atoms with Gasteiger partial charge in [0.15, 0.2) is 5.78 Å². The second-order valence-corrected chi connectivity index (χ2v) is 4.79. The number of imidazole rings is 1. The molecule has 0 fully saturated rings. The summed E-state index contributed by atoms with van der Waals surface area (Å²) in [5, 5.41) is 3.92. The summed E-state index contributed by atoms with van der Waals surface area (Å²) >= 11 is 5.83. The highest BCUT2D eigenvalue weighted by Crippen LogP contribution is 2.11. The molecular formula is C14H16ClN3O. The van der Waals surface area contributed by atoms with E-state index in [1.54, 1.807) is 6.20 Å². The minimum Gasteiger partial charge on any atom is -0.356 e. The first kappa shape index (κ1) is 13.6. The van der Waals surface area contributed by atoms with Gasteiger partial charge in [-0.3, -0.25) is 4.79 Å². The molecule has 0 aliphatic rings. The van der Waals surface area contributed by atoms with E-state index >= 15 is 0 Å². The molecule has 0 aliphatic carbocycles. The Morgan fingerprint density at radius 1 is 1.37 bits per heavy atom. The molecule has 0 radical (unpaired) electrons. The maximum Gasteiger partial charge on any atom is 0.200 e. The third kappa shape index (κ3) is 4.10. The van der Waals surface area contributed by atoms with Crippen molar-refractivity contribution < 1.29 is 4.79 Å². The number of aryl methyl sites for hydroxylation is 1. The van der Waals surface area contributed by atoms with Gasteiger partial charge in [0.25, 0.3) is 0 Å². The summed E-state index contributed by atoms with van der Waals surface area (Å²) in [6.45, 7) is 2.31. The van der Waals surface area contributed by atoms with Crippen LogP contribution in [0.25, 0.3) is 0 Å². The highest BCUT2D eigenvalue weighted by Gasteiger charge is 2.03. The van der Waals surface area contributed by atoms with E-state index in [9.17, 15) is 4.79 Å².